The van der Waals surface area contributed by atoms with Gasteiger partial charge in [-0.1, -0.05) is 30.3 Å². The Labute approximate surface area is 132 Å². The molecular formula is C17H26N2O3. The Balaban J connectivity index is 1.83. The van der Waals surface area contributed by atoms with E-state index in [0.717, 1.165) is 6.42 Å². The first kappa shape index (κ1) is 16.8. The Morgan fingerprint density at radius 3 is 2.55 bits per heavy atom. The highest BCUT2D eigenvalue weighted by Gasteiger charge is 2.40. The van der Waals surface area contributed by atoms with E-state index in [0.29, 0.717) is 6.61 Å². The van der Waals surface area contributed by atoms with Crippen LogP contribution in [-0.2, 0) is 9.47 Å². The monoisotopic (exact) mass is 306 g/mol. The lowest BCUT2D eigenvalue weighted by atomic mass is 10.1. The molecule has 0 saturated heterocycles. The van der Waals surface area contributed by atoms with Gasteiger partial charge in [-0.15, -0.1) is 0 Å². The van der Waals surface area contributed by atoms with Crippen LogP contribution in [-0.4, -0.2) is 37.5 Å². The van der Waals surface area contributed by atoms with Crippen molar-refractivity contribution in [3.05, 3.63) is 35.9 Å². The molecule has 3 unspecified atom stereocenters. The molecule has 0 radical (unpaired) electrons. The fourth-order valence-electron chi connectivity index (χ4n) is 2.35. The number of carbonyl (C=O) groups is 1. The van der Waals surface area contributed by atoms with Gasteiger partial charge in [0.05, 0.1) is 12.6 Å². The van der Waals surface area contributed by atoms with Crippen LogP contribution in [0.1, 0.15) is 38.8 Å². The average Bonchev–Trinajstić information content (AvgIpc) is 3.14. The SMILES string of the molecule is COCC(NC1CC1NC(=O)OC(C)(C)C)c1ccccc1. The van der Waals surface area contributed by atoms with Gasteiger partial charge < -0.3 is 20.1 Å². The van der Waals surface area contributed by atoms with Crippen molar-refractivity contribution in [2.75, 3.05) is 13.7 Å². The van der Waals surface area contributed by atoms with Crippen LogP contribution in [0.25, 0.3) is 0 Å². The van der Waals surface area contributed by atoms with Crippen molar-refractivity contribution in [3.8, 4) is 0 Å². The highest BCUT2D eigenvalue weighted by Crippen LogP contribution is 2.26. The van der Waals surface area contributed by atoms with Crippen molar-refractivity contribution in [2.45, 2.75) is 50.9 Å². The first-order valence-electron chi connectivity index (χ1n) is 7.68. The summed E-state index contributed by atoms with van der Waals surface area (Å²) < 4.78 is 10.6. The Morgan fingerprint density at radius 2 is 1.95 bits per heavy atom. The van der Waals surface area contributed by atoms with Crippen LogP contribution in [0.3, 0.4) is 0 Å². The van der Waals surface area contributed by atoms with Gasteiger partial charge in [-0.3, -0.25) is 0 Å². The minimum Gasteiger partial charge on any atom is -0.444 e. The molecule has 1 saturated carbocycles. The van der Waals surface area contributed by atoms with Crippen LogP contribution in [0.5, 0.6) is 0 Å². The highest BCUT2D eigenvalue weighted by molar-refractivity contribution is 5.68. The third kappa shape index (κ3) is 5.31. The van der Waals surface area contributed by atoms with Gasteiger partial charge in [0.15, 0.2) is 0 Å². The maximum Gasteiger partial charge on any atom is 0.407 e. The summed E-state index contributed by atoms with van der Waals surface area (Å²) in [7, 11) is 1.70. The maximum atomic E-state index is 11.8. The molecular weight excluding hydrogens is 280 g/mol. The molecule has 1 amide bonds. The van der Waals surface area contributed by atoms with Crippen molar-refractivity contribution < 1.29 is 14.3 Å². The third-order valence-corrected chi connectivity index (χ3v) is 3.44. The molecule has 0 spiro atoms. The van der Waals surface area contributed by atoms with E-state index < -0.39 is 5.60 Å². The number of alkyl carbamates (subject to hydrolysis) is 1. The smallest absolute Gasteiger partial charge is 0.407 e. The van der Waals surface area contributed by atoms with E-state index >= 15 is 0 Å². The van der Waals surface area contributed by atoms with Crippen molar-refractivity contribution in [2.24, 2.45) is 0 Å². The van der Waals surface area contributed by atoms with E-state index in [1.54, 1.807) is 7.11 Å². The normalized spacial score (nSPS) is 22.0. The number of rotatable bonds is 6. The number of ether oxygens (including phenoxy) is 2. The Kier molecular flexibility index (Phi) is 5.42. The number of methoxy groups -OCH3 is 1. The number of hydrogen-bond acceptors (Lipinski definition) is 4. The largest absolute Gasteiger partial charge is 0.444 e. The first-order chi connectivity index (χ1) is 10.4. The van der Waals surface area contributed by atoms with Gasteiger partial charge in [0.1, 0.15) is 5.60 Å². The van der Waals surface area contributed by atoms with Crippen LogP contribution in [0.15, 0.2) is 30.3 Å². The van der Waals surface area contributed by atoms with E-state index in [-0.39, 0.29) is 24.2 Å². The molecule has 1 fully saturated rings. The minimum atomic E-state index is -0.468. The highest BCUT2D eigenvalue weighted by atomic mass is 16.6. The predicted octanol–water partition coefficient (Wildman–Crippen LogP) is 2.63. The third-order valence-electron chi connectivity index (χ3n) is 3.44. The number of hydrogen-bond donors (Lipinski definition) is 2. The van der Waals surface area contributed by atoms with Crippen molar-refractivity contribution in [3.63, 3.8) is 0 Å². The number of amides is 1. The van der Waals surface area contributed by atoms with Gasteiger partial charge in [-0.05, 0) is 32.8 Å². The second-order valence-electron chi connectivity index (χ2n) is 6.68. The van der Waals surface area contributed by atoms with Crippen molar-refractivity contribution in [1.82, 2.24) is 10.6 Å². The quantitative estimate of drug-likeness (QED) is 0.848. The summed E-state index contributed by atoms with van der Waals surface area (Å²) in [5, 5.41) is 6.43. The number of carbonyl (C=O) groups excluding carboxylic acids is 1. The lowest BCUT2D eigenvalue weighted by molar-refractivity contribution is 0.0521. The van der Waals surface area contributed by atoms with Crippen molar-refractivity contribution in [1.29, 1.82) is 0 Å². The van der Waals surface area contributed by atoms with Gasteiger partial charge in [0.25, 0.3) is 0 Å². The summed E-state index contributed by atoms with van der Waals surface area (Å²) in [5.41, 5.74) is 0.720. The molecule has 3 atom stereocenters. The molecule has 5 heteroatoms. The topological polar surface area (TPSA) is 59.6 Å². The summed E-state index contributed by atoms with van der Waals surface area (Å²) in [5.74, 6) is 0. The van der Waals surface area contributed by atoms with Gasteiger partial charge in [-0.2, -0.15) is 0 Å². The van der Waals surface area contributed by atoms with Crippen LogP contribution in [0.4, 0.5) is 4.79 Å². The van der Waals surface area contributed by atoms with E-state index in [1.807, 2.05) is 39.0 Å². The van der Waals surface area contributed by atoms with E-state index in [9.17, 15) is 4.79 Å². The molecule has 0 aromatic heterocycles. The molecule has 0 aliphatic heterocycles. The van der Waals surface area contributed by atoms with E-state index in [2.05, 4.69) is 22.8 Å². The van der Waals surface area contributed by atoms with Crippen molar-refractivity contribution >= 4 is 6.09 Å². The predicted molar refractivity (Wildman–Crippen MR) is 85.8 cm³/mol. The molecule has 1 aliphatic rings. The molecule has 22 heavy (non-hydrogen) atoms. The Hall–Kier alpha value is -1.59. The zero-order chi connectivity index (χ0) is 16.2. The summed E-state index contributed by atoms with van der Waals surface area (Å²) in [6.45, 7) is 6.18. The van der Waals surface area contributed by atoms with Gasteiger partial charge in [-0.25, -0.2) is 4.79 Å². The summed E-state index contributed by atoms with van der Waals surface area (Å²) in [6.07, 6.45) is 0.552. The molecule has 2 rings (SSSR count). The average molecular weight is 306 g/mol. The molecule has 1 aromatic carbocycles. The Bertz CT molecular complexity index is 484. The van der Waals surface area contributed by atoms with Gasteiger partial charge >= 0.3 is 6.09 Å². The van der Waals surface area contributed by atoms with Crippen LogP contribution in [0, 0.1) is 0 Å². The fraction of sp³-hybridized carbons (Fsp3) is 0.588. The second kappa shape index (κ2) is 7.11. The standard InChI is InChI=1S/C17H26N2O3/c1-17(2,3)22-16(20)19-14-10-13(14)18-15(11-21-4)12-8-6-5-7-9-12/h5-9,13-15,18H,10-11H2,1-4H3,(H,19,20). The molecule has 5 nitrogen and oxygen atoms in total. The Morgan fingerprint density at radius 1 is 1.27 bits per heavy atom. The molecule has 0 heterocycles. The number of nitrogens with one attached hydrogen (secondary N) is 2. The molecule has 0 bridgehead atoms. The van der Waals surface area contributed by atoms with Crippen LogP contribution >= 0.6 is 0 Å². The second-order valence-corrected chi connectivity index (χ2v) is 6.68. The lowest BCUT2D eigenvalue weighted by Crippen LogP contribution is -2.38. The van der Waals surface area contributed by atoms with Crippen LogP contribution in [0.2, 0.25) is 0 Å². The van der Waals surface area contributed by atoms with E-state index in [4.69, 9.17) is 9.47 Å². The maximum absolute atomic E-state index is 11.8. The summed E-state index contributed by atoms with van der Waals surface area (Å²) in [4.78, 5) is 11.8. The molecule has 122 valence electrons. The molecule has 2 N–H and O–H groups in total. The zero-order valence-electron chi connectivity index (χ0n) is 13.8. The van der Waals surface area contributed by atoms with Crippen LogP contribution < -0.4 is 10.6 Å². The summed E-state index contributed by atoms with van der Waals surface area (Å²) in [6, 6.07) is 10.7. The summed E-state index contributed by atoms with van der Waals surface area (Å²) >= 11 is 0. The van der Waals surface area contributed by atoms with Gasteiger partial charge in [0.2, 0.25) is 0 Å². The zero-order valence-corrected chi connectivity index (χ0v) is 13.8. The van der Waals surface area contributed by atoms with Gasteiger partial charge in [0, 0.05) is 19.2 Å². The lowest BCUT2D eigenvalue weighted by Gasteiger charge is -2.21. The molecule has 1 aromatic rings. The first-order valence-corrected chi connectivity index (χ1v) is 7.68. The fourth-order valence-corrected chi connectivity index (χ4v) is 2.35. The minimum absolute atomic E-state index is 0.123. The van der Waals surface area contributed by atoms with E-state index in [1.165, 1.54) is 5.56 Å². The number of benzene rings is 1. The molecule has 1 aliphatic carbocycles.